The molecular weight excluding hydrogens is 230 g/mol. The van der Waals surface area contributed by atoms with Gasteiger partial charge in [-0.25, -0.2) is 4.68 Å². The lowest BCUT2D eigenvalue weighted by Crippen LogP contribution is -2.07. The molecule has 0 saturated carbocycles. The number of aromatic nitrogens is 2. The van der Waals surface area contributed by atoms with E-state index in [1.165, 1.54) is 0 Å². The van der Waals surface area contributed by atoms with Crippen LogP contribution in [0.1, 0.15) is 11.1 Å². The second-order valence-electron chi connectivity index (χ2n) is 3.85. The van der Waals surface area contributed by atoms with Crippen molar-refractivity contribution >= 4 is 0 Å². The van der Waals surface area contributed by atoms with Gasteiger partial charge in [0.05, 0.1) is 27.0 Å². The van der Waals surface area contributed by atoms with Crippen molar-refractivity contribution in [1.82, 2.24) is 9.78 Å². The van der Waals surface area contributed by atoms with Crippen molar-refractivity contribution in [2.75, 3.05) is 14.2 Å². The van der Waals surface area contributed by atoms with E-state index in [4.69, 9.17) is 15.2 Å². The molecule has 0 aliphatic heterocycles. The van der Waals surface area contributed by atoms with Crippen LogP contribution in [0.3, 0.4) is 0 Å². The van der Waals surface area contributed by atoms with E-state index in [1.54, 1.807) is 25.1 Å². The fourth-order valence-electron chi connectivity index (χ4n) is 1.90. The topological polar surface area (TPSA) is 62.3 Å². The van der Waals surface area contributed by atoms with Crippen LogP contribution in [0.4, 0.5) is 0 Å². The molecule has 0 bridgehead atoms. The average molecular weight is 247 g/mol. The van der Waals surface area contributed by atoms with E-state index in [1.807, 2.05) is 24.3 Å². The summed E-state index contributed by atoms with van der Waals surface area (Å²) < 4.78 is 12.4. The summed E-state index contributed by atoms with van der Waals surface area (Å²) in [7, 11) is 3.28. The Bertz CT molecular complexity index is 523. The number of para-hydroxylation sites is 1. The lowest BCUT2D eigenvalue weighted by Gasteiger charge is -2.10. The Morgan fingerprint density at radius 2 is 1.94 bits per heavy atom. The molecule has 96 valence electrons. The van der Waals surface area contributed by atoms with Crippen molar-refractivity contribution in [2.45, 2.75) is 13.1 Å². The van der Waals surface area contributed by atoms with E-state index in [2.05, 4.69) is 5.10 Å². The van der Waals surface area contributed by atoms with Crippen molar-refractivity contribution in [3.8, 4) is 11.6 Å². The molecule has 5 nitrogen and oxygen atoms in total. The van der Waals surface area contributed by atoms with E-state index in [9.17, 15) is 0 Å². The second kappa shape index (κ2) is 5.55. The van der Waals surface area contributed by atoms with Crippen LogP contribution in [0.2, 0.25) is 0 Å². The zero-order valence-electron chi connectivity index (χ0n) is 10.6. The maximum Gasteiger partial charge on any atom is 0.216 e. The Morgan fingerprint density at radius 3 is 2.61 bits per heavy atom. The van der Waals surface area contributed by atoms with Crippen molar-refractivity contribution < 1.29 is 9.47 Å². The Morgan fingerprint density at radius 1 is 1.17 bits per heavy atom. The van der Waals surface area contributed by atoms with Crippen LogP contribution in [0.25, 0.3) is 0 Å². The fraction of sp³-hybridized carbons (Fsp3) is 0.308. The molecule has 2 N–H and O–H groups in total. The fourth-order valence-corrected chi connectivity index (χ4v) is 1.90. The molecular formula is C13H17N3O2. The van der Waals surface area contributed by atoms with Crippen LogP contribution < -0.4 is 15.2 Å². The number of hydrogen-bond acceptors (Lipinski definition) is 4. The molecule has 0 unspecified atom stereocenters. The summed E-state index contributed by atoms with van der Waals surface area (Å²) >= 11 is 0. The zero-order valence-corrected chi connectivity index (χ0v) is 10.6. The molecule has 0 radical (unpaired) electrons. The summed E-state index contributed by atoms with van der Waals surface area (Å²) in [5.41, 5.74) is 7.57. The number of nitrogens with zero attached hydrogens (tertiary/aromatic N) is 2. The van der Waals surface area contributed by atoms with Crippen LogP contribution in [0, 0.1) is 0 Å². The van der Waals surface area contributed by atoms with Gasteiger partial charge >= 0.3 is 0 Å². The summed E-state index contributed by atoms with van der Waals surface area (Å²) in [5, 5.41) is 4.28. The normalized spacial score (nSPS) is 10.4. The van der Waals surface area contributed by atoms with Gasteiger partial charge < -0.3 is 15.2 Å². The molecule has 0 aliphatic carbocycles. The quantitative estimate of drug-likeness (QED) is 0.867. The number of rotatable bonds is 5. The van der Waals surface area contributed by atoms with Crippen LogP contribution in [-0.2, 0) is 13.1 Å². The molecule has 1 aromatic heterocycles. The molecule has 0 atom stereocenters. The SMILES string of the molecule is COc1ccccc1Cn1ncc(CN)c1OC. The third kappa shape index (κ3) is 2.31. The van der Waals surface area contributed by atoms with Gasteiger partial charge in [-0.1, -0.05) is 18.2 Å². The zero-order chi connectivity index (χ0) is 13.0. The highest BCUT2D eigenvalue weighted by Crippen LogP contribution is 2.23. The van der Waals surface area contributed by atoms with Gasteiger partial charge in [0.15, 0.2) is 0 Å². The summed E-state index contributed by atoms with van der Waals surface area (Å²) in [5.74, 6) is 1.53. The predicted octanol–water partition coefficient (Wildman–Crippen LogP) is 1.41. The first-order chi connectivity index (χ1) is 8.80. The van der Waals surface area contributed by atoms with Crippen LogP contribution in [-0.4, -0.2) is 24.0 Å². The highest BCUT2D eigenvalue weighted by molar-refractivity contribution is 5.34. The van der Waals surface area contributed by atoms with Crippen molar-refractivity contribution in [2.24, 2.45) is 5.73 Å². The maximum absolute atomic E-state index is 5.63. The number of hydrogen-bond donors (Lipinski definition) is 1. The number of nitrogens with two attached hydrogens (primary N) is 1. The molecule has 0 aliphatic rings. The van der Waals surface area contributed by atoms with Gasteiger partial charge in [-0.2, -0.15) is 5.10 Å². The molecule has 0 fully saturated rings. The number of ether oxygens (including phenoxy) is 2. The third-order valence-electron chi connectivity index (χ3n) is 2.79. The van der Waals surface area contributed by atoms with Gasteiger partial charge in [-0.15, -0.1) is 0 Å². The largest absolute Gasteiger partial charge is 0.496 e. The molecule has 18 heavy (non-hydrogen) atoms. The monoisotopic (exact) mass is 247 g/mol. The molecule has 2 aromatic rings. The first kappa shape index (κ1) is 12.4. The highest BCUT2D eigenvalue weighted by atomic mass is 16.5. The van der Waals surface area contributed by atoms with Crippen molar-refractivity contribution in [3.63, 3.8) is 0 Å². The first-order valence-electron chi connectivity index (χ1n) is 5.70. The second-order valence-corrected chi connectivity index (χ2v) is 3.85. The average Bonchev–Trinajstić information content (AvgIpc) is 2.81. The smallest absolute Gasteiger partial charge is 0.216 e. The van der Waals surface area contributed by atoms with Gasteiger partial charge in [0.1, 0.15) is 5.75 Å². The molecule has 1 heterocycles. The number of methoxy groups -OCH3 is 2. The first-order valence-corrected chi connectivity index (χ1v) is 5.70. The Kier molecular flexibility index (Phi) is 3.84. The molecule has 5 heteroatoms. The van der Waals surface area contributed by atoms with Gasteiger partial charge in [0.25, 0.3) is 0 Å². The van der Waals surface area contributed by atoms with Crippen molar-refractivity contribution in [1.29, 1.82) is 0 Å². The Labute approximate surface area is 106 Å². The molecule has 0 saturated heterocycles. The summed E-state index contributed by atoms with van der Waals surface area (Å²) in [6.07, 6.45) is 1.73. The van der Waals surface area contributed by atoms with E-state index < -0.39 is 0 Å². The van der Waals surface area contributed by atoms with E-state index in [0.29, 0.717) is 19.0 Å². The molecule has 2 rings (SSSR count). The lowest BCUT2D eigenvalue weighted by molar-refractivity contribution is 0.359. The summed E-state index contributed by atoms with van der Waals surface area (Å²) in [6, 6.07) is 7.84. The van der Waals surface area contributed by atoms with E-state index in [0.717, 1.165) is 16.9 Å². The van der Waals surface area contributed by atoms with E-state index in [-0.39, 0.29) is 0 Å². The molecule has 1 aromatic carbocycles. The Hall–Kier alpha value is -2.01. The van der Waals surface area contributed by atoms with Crippen molar-refractivity contribution in [3.05, 3.63) is 41.6 Å². The van der Waals surface area contributed by atoms with E-state index >= 15 is 0 Å². The Balaban J connectivity index is 2.31. The predicted molar refractivity (Wildman–Crippen MR) is 68.8 cm³/mol. The molecule has 0 amide bonds. The highest BCUT2D eigenvalue weighted by Gasteiger charge is 2.11. The van der Waals surface area contributed by atoms with Crippen LogP contribution >= 0.6 is 0 Å². The minimum atomic E-state index is 0.412. The van der Waals surface area contributed by atoms with Crippen LogP contribution in [0.5, 0.6) is 11.6 Å². The van der Waals surface area contributed by atoms with Gasteiger partial charge in [-0.3, -0.25) is 0 Å². The van der Waals surface area contributed by atoms with Gasteiger partial charge in [0, 0.05) is 17.7 Å². The summed E-state index contributed by atoms with van der Waals surface area (Å²) in [4.78, 5) is 0. The minimum absolute atomic E-state index is 0.412. The number of benzene rings is 1. The van der Waals surface area contributed by atoms with Gasteiger partial charge in [0.2, 0.25) is 5.88 Å². The van der Waals surface area contributed by atoms with Crippen LogP contribution in [0.15, 0.2) is 30.5 Å². The standard InChI is InChI=1S/C13H17N3O2/c1-17-12-6-4-3-5-10(12)9-16-13(18-2)11(7-14)8-15-16/h3-6,8H,7,9,14H2,1-2H3. The summed E-state index contributed by atoms with van der Waals surface area (Å²) in [6.45, 7) is 1.00. The van der Waals surface area contributed by atoms with Gasteiger partial charge in [-0.05, 0) is 6.07 Å². The lowest BCUT2D eigenvalue weighted by atomic mass is 10.2. The third-order valence-corrected chi connectivity index (χ3v) is 2.79. The molecule has 0 spiro atoms. The maximum atomic E-state index is 5.63. The minimum Gasteiger partial charge on any atom is -0.496 e.